The first-order valence-corrected chi connectivity index (χ1v) is 8.12. The maximum Gasteiger partial charge on any atom is 0.270 e. The van der Waals surface area contributed by atoms with Crippen LogP contribution in [-0.2, 0) is 0 Å². The van der Waals surface area contributed by atoms with Gasteiger partial charge in [-0.25, -0.2) is 4.98 Å². The third-order valence-electron chi connectivity index (χ3n) is 3.13. The number of benzene rings is 1. The zero-order chi connectivity index (χ0) is 14.8. The summed E-state index contributed by atoms with van der Waals surface area (Å²) in [6, 6.07) is 5.83. The third-order valence-corrected chi connectivity index (χ3v) is 4.32. The molecule has 1 aliphatic carbocycles. The van der Waals surface area contributed by atoms with Gasteiger partial charge < -0.3 is 10.1 Å². The van der Waals surface area contributed by atoms with Crippen molar-refractivity contribution in [1.29, 1.82) is 0 Å². The highest BCUT2D eigenvalue weighted by Crippen LogP contribution is 2.33. The van der Waals surface area contributed by atoms with Crippen LogP contribution in [0, 0.1) is 0 Å². The van der Waals surface area contributed by atoms with Crippen molar-refractivity contribution in [3.05, 3.63) is 34.3 Å². The van der Waals surface area contributed by atoms with Crippen molar-refractivity contribution < 1.29 is 9.53 Å². The van der Waals surface area contributed by atoms with Crippen molar-refractivity contribution in [2.24, 2.45) is 0 Å². The molecule has 0 spiro atoms. The summed E-state index contributed by atoms with van der Waals surface area (Å²) in [5.41, 5.74) is 1.27. The number of carbonyl (C=O) groups is 1. The molecule has 1 amide bonds. The molecule has 2 aromatic rings. The van der Waals surface area contributed by atoms with Crippen LogP contribution in [0.5, 0.6) is 5.75 Å². The average molecular weight is 323 g/mol. The minimum absolute atomic E-state index is 0.109. The lowest BCUT2D eigenvalue weighted by Crippen LogP contribution is -2.25. The van der Waals surface area contributed by atoms with Crippen molar-refractivity contribution in [3.8, 4) is 16.3 Å². The second-order valence-corrected chi connectivity index (χ2v) is 6.13. The van der Waals surface area contributed by atoms with Gasteiger partial charge in [0.05, 0.1) is 11.6 Å². The standard InChI is InChI=1S/C15H15ClN2O2S/c1-2-20-10-5-6-11(12(16)7-10)15-18-13(8-21-15)14(19)17-9-3-4-9/h5-9H,2-4H2,1H3,(H,17,19). The summed E-state index contributed by atoms with van der Waals surface area (Å²) < 4.78 is 5.41. The molecule has 0 bridgehead atoms. The molecule has 110 valence electrons. The van der Waals surface area contributed by atoms with Crippen molar-refractivity contribution in [2.75, 3.05) is 6.61 Å². The van der Waals surface area contributed by atoms with Crippen molar-refractivity contribution >= 4 is 28.8 Å². The van der Waals surface area contributed by atoms with Crippen LogP contribution in [0.15, 0.2) is 23.6 Å². The van der Waals surface area contributed by atoms with E-state index >= 15 is 0 Å². The van der Waals surface area contributed by atoms with Crippen LogP contribution < -0.4 is 10.1 Å². The van der Waals surface area contributed by atoms with Crippen LogP contribution >= 0.6 is 22.9 Å². The molecule has 1 fully saturated rings. The van der Waals surface area contributed by atoms with E-state index in [-0.39, 0.29) is 5.91 Å². The average Bonchev–Trinajstić information content (AvgIpc) is 3.13. The molecule has 1 saturated carbocycles. The number of aromatic nitrogens is 1. The van der Waals surface area contributed by atoms with E-state index < -0.39 is 0 Å². The van der Waals surface area contributed by atoms with Crippen molar-refractivity contribution in [3.63, 3.8) is 0 Å². The van der Waals surface area contributed by atoms with Gasteiger partial charge in [0, 0.05) is 17.0 Å². The Morgan fingerprint density at radius 1 is 1.52 bits per heavy atom. The summed E-state index contributed by atoms with van der Waals surface area (Å²) in [5, 5.41) is 6.00. The fraction of sp³-hybridized carbons (Fsp3) is 0.333. The fourth-order valence-electron chi connectivity index (χ4n) is 1.91. The lowest BCUT2D eigenvalue weighted by atomic mass is 10.2. The first-order chi connectivity index (χ1) is 10.2. The van der Waals surface area contributed by atoms with Gasteiger partial charge in [0.15, 0.2) is 0 Å². The molecule has 0 saturated heterocycles. The van der Waals surface area contributed by atoms with E-state index in [1.165, 1.54) is 11.3 Å². The Bertz CT molecular complexity index is 667. The maximum atomic E-state index is 11.9. The summed E-state index contributed by atoms with van der Waals surface area (Å²) in [6.45, 7) is 2.52. The van der Waals surface area contributed by atoms with Crippen LogP contribution in [0.1, 0.15) is 30.3 Å². The number of amides is 1. The molecule has 6 heteroatoms. The van der Waals surface area contributed by atoms with Crippen molar-refractivity contribution in [1.82, 2.24) is 10.3 Å². The van der Waals surface area contributed by atoms with Crippen LogP contribution in [0.25, 0.3) is 10.6 Å². The number of hydrogen-bond donors (Lipinski definition) is 1. The second kappa shape index (κ2) is 6.03. The molecule has 1 N–H and O–H groups in total. The SMILES string of the molecule is CCOc1ccc(-c2nc(C(=O)NC3CC3)cs2)c(Cl)c1. The molecule has 0 unspecified atom stereocenters. The van der Waals surface area contributed by atoms with Crippen LogP contribution in [0.4, 0.5) is 0 Å². The van der Waals surface area contributed by atoms with Gasteiger partial charge in [0.1, 0.15) is 16.5 Å². The number of carbonyl (C=O) groups excluding carboxylic acids is 1. The smallest absolute Gasteiger partial charge is 0.270 e. The van der Waals surface area contributed by atoms with Gasteiger partial charge in [-0.2, -0.15) is 0 Å². The Labute approximate surface area is 132 Å². The lowest BCUT2D eigenvalue weighted by molar-refractivity contribution is 0.0947. The normalized spacial score (nSPS) is 14.0. The Balaban J connectivity index is 1.80. The van der Waals surface area contributed by atoms with Crippen LogP contribution in [0.2, 0.25) is 5.02 Å². The summed E-state index contributed by atoms with van der Waals surface area (Å²) in [5.74, 6) is 0.622. The molecule has 0 atom stereocenters. The van der Waals surface area contributed by atoms with Gasteiger partial charge in [0.2, 0.25) is 0 Å². The number of rotatable bonds is 5. The topological polar surface area (TPSA) is 51.2 Å². The Kier molecular flexibility index (Phi) is 4.12. The van der Waals surface area contributed by atoms with E-state index in [1.807, 2.05) is 19.1 Å². The number of ether oxygens (including phenoxy) is 1. The maximum absolute atomic E-state index is 11.9. The van der Waals surface area contributed by atoms with E-state index in [0.717, 1.165) is 29.2 Å². The molecular formula is C15H15ClN2O2S. The largest absolute Gasteiger partial charge is 0.494 e. The lowest BCUT2D eigenvalue weighted by Gasteiger charge is -2.05. The molecule has 4 nitrogen and oxygen atoms in total. The molecule has 0 aliphatic heterocycles. The quantitative estimate of drug-likeness (QED) is 0.912. The predicted molar refractivity (Wildman–Crippen MR) is 84.2 cm³/mol. The molecule has 1 heterocycles. The Hall–Kier alpha value is -1.59. The van der Waals surface area contributed by atoms with Crippen LogP contribution in [-0.4, -0.2) is 23.5 Å². The molecule has 3 rings (SSSR count). The number of thiazole rings is 1. The number of nitrogens with zero attached hydrogens (tertiary/aromatic N) is 1. The van der Waals surface area contributed by atoms with E-state index in [0.29, 0.717) is 23.4 Å². The molecule has 0 radical (unpaired) electrons. The number of hydrogen-bond acceptors (Lipinski definition) is 4. The molecule has 1 aromatic carbocycles. The fourth-order valence-corrected chi connectivity index (χ4v) is 3.07. The van der Waals surface area contributed by atoms with Gasteiger partial charge in [-0.15, -0.1) is 11.3 Å². The Morgan fingerprint density at radius 2 is 2.33 bits per heavy atom. The van der Waals surface area contributed by atoms with Crippen molar-refractivity contribution in [2.45, 2.75) is 25.8 Å². The molecule has 1 aromatic heterocycles. The highest BCUT2D eigenvalue weighted by molar-refractivity contribution is 7.13. The summed E-state index contributed by atoms with van der Waals surface area (Å²) in [6.07, 6.45) is 2.13. The van der Waals surface area contributed by atoms with Crippen LogP contribution in [0.3, 0.4) is 0 Å². The van der Waals surface area contributed by atoms with E-state index in [2.05, 4.69) is 10.3 Å². The zero-order valence-corrected chi connectivity index (χ0v) is 13.1. The molecule has 21 heavy (non-hydrogen) atoms. The highest BCUT2D eigenvalue weighted by atomic mass is 35.5. The zero-order valence-electron chi connectivity index (χ0n) is 11.6. The molecular weight excluding hydrogens is 308 g/mol. The summed E-state index contributed by atoms with van der Waals surface area (Å²) in [7, 11) is 0. The van der Waals surface area contributed by atoms with E-state index in [1.54, 1.807) is 11.4 Å². The minimum atomic E-state index is -0.109. The summed E-state index contributed by atoms with van der Waals surface area (Å²) >= 11 is 7.68. The summed E-state index contributed by atoms with van der Waals surface area (Å²) in [4.78, 5) is 16.3. The van der Waals surface area contributed by atoms with Gasteiger partial charge in [-0.1, -0.05) is 11.6 Å². The second-order valence-electron chi connectivity index (χ2n) is 4.86. The first-order valence-electron chi connectivity index (χ1n) is 6.86. The number of halogens is 1. The number of nitrogens with one attached hydrogen (secondary N) is 1. The van der Waals surface area contributed by atoms with Gasteiger partial charge in [0.25, 0.3) is 5.91 Å². The van der Waals surface area contributed by atoms with Gasteiger partial charge >= 0.3 is 0 Å². The third kappa shape index (κ3) is 3.36. The Morgan fingerprint density at radius 3 is 3.00 bits per heavy atom. The monoisotopic (exact) mass is 322 g/mol. The van der Waals surface area contributed by atoms with Gasteiger partial charge in [-0.05, 0) is 38.0 Å². The van der Waals surface area contributed by atoms with E-state index in [9.17, 15) is 4.79 Å². The van der Waals surface area contributed by atoms with E-state index in [4.69, 9.17) is 16.3 Å². The first kappa shape index (κ1) is 14.4. The minimum Gasteiger partial charge on any atom is -0.494 e. The predicted octanol–water partition coefficient (Wildman–Crippen LogP) is 3.75. The van der Waals surface area contributed by atoms with Gasteiger partial charge in [-0.3, -0.25) is 4.79 Å². The highest BCUT2D eigenvalue weighted by Gasteiger charge is 2.25. The molecule has 1 aliphatic rings.